The number of aryl methyl sites for hydroxylation is 1. The van der Waals surface area contributed by atoms with Crippen LogP contribution >= 0.6 is 11.6 Å². The van der Waals surface area contributed by atoms with Crippen molar-refractivity contribution in [2.75, 3.05) is 11.4 Å². The Kier molecular flexibility index (Phi) is 5.24. The smallest absolute Gasteiger partial charge is 0.0816 e. The molecule has 0 radical (unpaired) electrons. The minimum Gasteiger partial charge on any atom is -0.362 e. The van der Waals surface area contributed by atoms with Crippen molar-refractivity contribution in [1.82, 2.24) is 0 Å². The molecule has 2 nitrogen and oxygen atoms in total. The van der Waals surface area contributed by atoms with Crippen LogP contribution in [0.4, 0.5) is 11.4 Å². The molecular weight excluding hydrogens is 340 g/mol. The van der Waals surface area contributed by atoms with Gasteiger partial charge in [-0.05, 0) is 75.1 Å². The first kappa shape index (κ1) is 18.7. The summed E-state index contributed by atoms with van der Waals surface area (Å²) in [7, 11) is 0. The molecule has 0 aromatic heterocycles. The Morgan fingerprint density at radius 3 is 2.58 bits per heavy atom. The minimum atomic E-state index is 0.0344. The summed E-state index contributed by atoms with van der Waals surface area (Å²) in [6.45, 7) is 12.2. The summed E-state index contributed by atoms with van der Waals surface area (Å²) in [5.41, 5.74) is 7.14. The van der Waals surface area contributed by atoms with Gasteiger partial charge in [0.25, 0.3) is 0 Å². The van der Waals surface area contributed by atoms with Crippen LogP contribution in [0, 0.1) is 6.92 Å². The zero-order valence-electron chi connectivity index (χ0n) is 16.3. The molecule has 0 spiro atoms. The van der Waals surface area contributed by atoms with Gasteiger partial charge in [-0.25, -0.2) is 0 Å². The molecule has 0 atom stereocenters. The van der Waals surface area contributed by atoms with E-state index in [9.17, 15) is 0 Å². The Morgan fingerprint density at radius 1 is 1.15 bits per heavy atom. The Hall–Kier alpha value is -2.06. The normalized spacial score (nSPS) is 15.9. The average Bonchev–Trinajstić information content (AvgIpc) is 2.58. The van der Waals surface area contributed by atoms with Crippen LogP contribution in [0.3, 0.4) is 0 Å². The highest BCUT2D eigenvalue weighted by molar-refractivity contribution is 6.33. The monoisotopic (exact) mass is 366 g/mol. The molecule has 1 aliphatic heterocycles. The molecule has 26 heavy (non-hydrogen) atoms. The van der Waals surface area contributed by atoms with E-state index in [1.165, 1.54) is 22.4 Å². The first-order chi connectivity index (χ1) is 12.3. The first-order valence-electron chi connectivity index (χ1n) is 9.24. The van der Waals surface area contributed by atoms with Gasteiger partial charge in [-0.15, -0.1) is 0 Å². The van der Waals surface area contributed by atoms with Gasteiger partial charge in [0.1, 0.15) is 0 Å². The van der Waals surface area contributed by atoms with Gasteiger partial charge in [0, 0.05) is 24.0 Å². The van der Waals surface area contributed by atoms with Crippen molar-refractivity contribution in [3.8, 4) is 0 Å². The van der Waals surface area contributed by atoms with Crippen molar-refractivity contribution >= 4 is 34.8 Å². The van der Waals surface area contributed by atoms with E-state index in [2.05, 4.69) is 62.7 Å². The molecule has 2 aromatic rings. The highest BCUT2D eigenvalue weighted by Gasteiger charge is 2.30. The van der Waals surface area contributed by atoms with Crippen LogP contribution < -0.4 is 4.90 Å². The highest BCUT2D eigenvalue weighted by Crippen LogP contribution is 2.40. The van der Waals surface area contributed by atoms with E-state index < -0.39 is 0 Å². The van der Waals surface area contributed by atoms with Crippen molar-refractivity contribution in [3.05, 3.63) is 64.2 Å². The molecule has 3 rings (SSSR count). The molecule has 0 N–H and O–H groups in total. The van der Waals surface area contributed by atoms with Gasteiger partial charge in [-0.1, -0.05) is 36.7 Å². The number of para-hydroxylation sites is 1. The molecule has 2 aromatic carbocycles. The van der Waals surface area contributed by atoms with Gasteiger partial charge >= 0.3 is 0 Å². The number of rotatable bonds is 4. The Balaban J connectivity index is 2.04. The number of halogens is 1. The Bertz CT molecular complexity index is 878. The fourth-order valence-corrected chi connectivity index (χ4v) is 3.90. The number of hydrogen-bond donors (Lipinski definition) is 0. The van der Waals surface area contributed by atoms with Crippen molar-refractivity contribution in [2.24, 2.45) is 4.99 Å². The number of fused-ring (bicyclic) bond motifs is 1. The fraction of sp³-hybridized carbons (Fsp3) is 0.348. The zero-order chi connectivity index (χ0) is 18.9. The van der Waals surface area contributed by atoms with Gasteiger partial charge in [0.2, 0.25) is 0 Å². The van der Waals surface area contributed by atoms with Crippen LogP contribution in [0.2, 0.25) is 5.02 Å². The number of benzene rings is 2. The predicted molar refractivity (Wildman–Crippen MR) is 115 cm³/mol. The lowest BCUT2D eigenvalue weighted by molar-refractivity contribution is 0.550. The standard InChI is InChI=1S/C23H27ClN2/c1-6-11-26-22-12-16(2)18(13-19(22)17(3)14-23(26,4)5)15-25-21-10-8-7-9-20(21)24/h7-10,12-15H,6,11H2,1-5H3. The lowest BCUT2D eigenvalue weighted by Gasteiger charge is -2.43. The number of nitrogens with zero attached hydrogens (tertiary/aromatic N) is 2. The third-order valence-electron chi connectivity index (χ3n) is 5.01. The lowest BCUT2D eigenvalue weighted by Crippen LogP contribution is -2.45. The lowest BCUT2D eigenvalue weighted by atomic mass is 9.87. The van der Waals surface area contributed by atoms with Crippen LogP contribution in [0.1, 0.15) is 50.8 Å². The number of hydrogen-bond acceptors (Lipinski definition) is 2. The summed E-state index contributed by atoms with van der Waals surface area (Å²) in [6.07, 6.45) is 5.42. The van der Waals surface area contributed by atoms with E-state index in [1.807, 2.05) is 30.5 Å². The second-order valence-electron chi connectivity index (χ2n) is 7.57. The quantitative estimate of drug-likeness (QED) is 0.542. The molecule has 136 valence electrons. The van der Waals surface area contributed by atoms with E-state index in [-0.39, 0.29) is 5.54 Å². The summed E-state index contributed by atoms with van der Waals surface area (Å²) >= 11 is 6.22. The van der Waals surface area contributed by atoms with Crippen molar-refractivity contribution in [3.63, 3.8) is 0 Å². The van der Waals surface area contributed by atoms with Crippen LogP contribution in [0.25, 0.3) is 5.57 Å². The number of aliphatic imine (C=N–C) groups is 1. The third kappa shape index (κ3) is 3.57. The van der Waals surface area contributed by atoms with Crippen LogP contribution in [0.5, 0.6) is 0 Å². The van der Waals surface area contributed by atoms with Crippen LogP contribution in [-0.2, 0) is 0 Å². The maximum Gasteiger partial charge on any atom is 0.0816 e. The van der Waals surface area contributed by atoms with Gasteiger partial charge < -0.3 is 4.90 Å². The Labute approximate surface area is 162 Å². The largest absolute Gasteiger partial charge is 0.362 e. The number of allylic oxidation sites excluding steroid dienone is 1. The average molecular weight is 367 g/mol. The van der Waals surface area contributed by atoms with E-state index in [1.54, 1.807) is 0 Å². The molecule has 1 heterocycles. The third-order valence-corrected chi connectivity index (χ3v) is 5.33. The molecule has 0 aliphatic carbocycles. The zero-order valence-corrected chi connectivity index (χ0v) is 17.1. The molecule has 0 saturated carbocycles. The van der Waals surface area contributed by atoms with E-state index >= 15 is 0 Å². The minimum absolute atomic E-state index is 0.0344. The van der Waals surface area contributed by atoms with Crippen molar-refractivity contribution in [2.45, 2.75) is 46.6 Å². The second kappa shape index (κ2) is 7.28. The predicted octanol–water partition coefficient (Wildman–Crippen LogP) is 6.81. The van der Waals surface area contributed by atoms with Crippen molar-refractivity contribution in [1.29, 1.82) is 0 Å². The maximum atomic E-state index is 6.22. The number of anilines is 1. The highest BCUT2D eigenvalue weighted by atomic mass is 35.5. The molecule has 0 saturated heterocycles. The molecule has 3 heteroatoms. The van der Waals surface area contributed by atoms with E-state index in [4.69, 9.17) is 11.6 Å². The summed E-state index contributed by atoms with van der Waals surface area (Å²) in [4.78, 5) is 7.12. The molecule has 0 bridgehead atoms. The van der Waals surface area contributed by atoms with Crippen LogP contribution in [0.15, 0.2) is 47.5 Å². The molecule has 0 amide bonds. The van der Waals surface area contributed by atoms with E-state index in [0.717, 1.165) is 24.2 Å². The van der Waals surface area contributed by atoms with Gasteiger partial charge in [-0.3, -0.25) is 4.99 Å². The van der Waals surface area contributed by atoms with Gasteiger partial charge in [0.15, 0.2) is 0 Å². The van der Waals surface area contributed by atoms with E-state index in [0.29, 0.717) is 5.02 Å². The second-order valence-corrected chi connectivity index (χ2v) is 7.98. The topological polar surface area (TPSA) is 15.6 Å². The molecule has 0 fully saturated rings. The fourth-order valence-electron chi connectivity index (χ4n) is 3.71. The SMILES string of the molecule is CCCN1c2cc(C)c(C=Nc3ccccc3Cl)cc2C(C)=CC1(C)C. The Morgan fingerprint density at radius 2 is 1.88 bits per heavy atom. The molecule has 1 aliphatic rings. The van der Waals surface area contributed by atoms with Crippen LogP contribution in [-0.4, -0.2) is 18.3 Å². The van der Waals surface area contributed by atoms with Gasteiger partial charge in [0.05, 0.1) is 16.2 Å². The molecule has 0 unspecified atom stereocenters. The molecular formula is C23H27ClN2. The van der Waals surface area contributed by atoms with Crippen molar-refractivity contribution < 1.29 is 0 Å². The summed E-state index contributed by atoms with van der Waals surface area (Å²) < 4.78 is 0. The summed E-state index contributed by atoms with van der Waals surface area (Å²) in [5, 5.41) is 0.673. The summed E-state index contributed by atoms with van der Waals surface area (Å²) in [5.74, 6) is 0. The summed E-state index contributed by atoms with van der Waals surface area (Å²) in [6, 6.07) is 12.2. The maximum absolute atomic E-state index is 6.22. The first-order valence-corrected chi connectivity index (χ1v) is 9.62. The van der Waals surface area contributed by atoms with Gasteiger partial charge in [-0.2, -0.15) is 0 Å².